The van der Waals surface area contributed by atoms with Gasteiger partial charge in [-0.25, -0.2) is 4.68 Å². The molecule has 0 atom stereocenters. The van der Waals surface area contributed by atoms with E-state index in [1.165, 1.54) is 4.68 Å². The average Bonchev–Trinajstić information content (AvgIpc) is 2.74. The van der Waals surface area contributed by atoms with Crippen molar-refractivity contribution in [3.8, 4) is 0 Å². The first kappa shape index (κ1) is 6.58. The highest BCUT2D eigenvalue weighted by Gasteiger charge is 2.31. The molecule has 1 aromatic rings. The number of aryl methyl sites for hydroxylation is 1. The number of aromatic nitrogens is 2. The van der Waals surface area contributed by atoms with Gasteiger partial charge in [0.25, 0.3) is 0 Å². The highest BCUT2D eigenvalue weighted by molar-refractivity contribution is 5.82. The second kappa shape index (κ2) is 2.19. The molecule has 0 unspecified atom stereocenters. The summed E-state index contributed by atoms with van der Waals surface area (Å²) < 4.78 is 1.45. The van der Waals surface area contributed by atoms with Crippen LogP contribution in [0.4, 0.5) is 0 Å². The third-order valence-electron chi connectivity index (χ3n) is 1.86. The van der Waals surface area contributed by atoms with Crippen LogP contribution in [0.2, 0.25) is 0 Å². The molecule has 0 bridgehead atoms. The minimum absolute atomic E-state index is 0.151. The number of hydrogen-bond acceptors (Lipinski definition) is 2. The fraction of sp³-hybridized carbons (Fsp3) is 0.500. The largest absolute Gasteiger partial charge is 0.272 e. The highest BCUT2D eigenvalue weighted by Crippen LogP contribution is 2.30. The lowest BCUT2D eigenvalue weighted by molar-refractivity contribution is 0.0870. The summed E-state index contributed by atoms with van der Waals surface area (Å²) in [6.07, 6.45) is 5.57. The van der Waals surface area contributed by atoms with E-state index in [0.717, 1.165) is 18.4 Å². The van der Waals surface area contributed by atoms with E-state index in [1.807, 2.05) is 6.92 Å². The molecule has 58 valence electrons. The SMILES string of the molecule is Cc1cnn(C(=O)C2CC2)c1. The van der Waals surface area contributed by atoms with Gasteiger partial charge in [-0.05, 0) is 25.3 Å². The molecule has 1 fully saturated rings. The number of nitrogens with zero attached hydrogens (tertiary/aromatic N) is 2. The fourth-order valence-corrected chi connectivity index (χ4v) is 1.05. The minimum atomic E-state index is 0.151. The number of hydrogen-bond donors (Lipinski definition) is 0. The van der Waals surface area contributed by atoms with Gasteiger partial charge in [-0.1, -0.05) is 0 Å². The molecule has 0 amide bonds. The molecular formula is C8H10N2O. The number of carbonyl (C=O) groups excluding carboxylic acids is 1. The molecule has 1 heterocycles. The van der Waals surface area contributed by atoms with Crippen LogP contribution in [0, 0.1) is 12.8 Å². The molecule has 1 saturated carbocycles. The minimum Gasteiger partial charge on any atom is -0.272 e. The zero-order valence-electron chi connectivity index (χ0n) is 6.45. The average molecular weight is 150 g/mol. The molecule has 3 nitrogen and oxygen atoms in total. The van der Waals surface area contributed by atoms with Crippen molar-refractivity contribution in [2.24, 2.45) is 5.92 Å². The van der Waals surface area contributed by atoms with E-state index in [0.29, 0.717) is 0 Å². The van der Waals surface area contributed by atoms with Gasteiger partial charge in [-0.3, -0.25) is 4.79 Å². The van der Waals surface area contributed by atoms with E-state index < -0.39 is 0 Å². The van der Waals surface area contributed by atoms with Crippen LogP contribution >= 0.6 is 0 Å². The molecule has 0 aliphatic heterocycles. The maximum atomic E-state index is 11.3. The van der Waals surface area contributed by atoms with Crippen molar-refractivity contribution in [3.05, 3.63) is 18.0 Å². The smallest absolute Gasteiger partial charge is 0.249 e. The van der Waals surface area contributed by atoms with Gasteiger partial charge in [-0.15, -0.1) is 0 Å². The molecule has 11 heavy (non-hydrogen) atoms. The van der Waals surface area contributed by atoms with Crippen LogP contribution in [0.15, 0.2) is 12.4 Å². The van der Waals surface area contributed by atoms with Crippen molar-refractivity contribution in [1.29, 1.82) is 0 Å². The number of rotatable bonds is 1. The molecule has 0 spiro atoms. The molecule has 1 aliphatic carbocycles. The molecule has 2 rings (SSSR count). The predicted molar refractivity (Wildman–Crippen MR) is 40.3 cm³/mol. The second-order valence-electron chi connectivity index (χ2n) is 3.07. The zero-order valence-corrected chi connectivity index (χ0v) is 6.45. The lowest BCUT2D eigenvalue weighted by atomic mass is 10.4. The molecule has 0 aromatic carbocycles. The lowest BCUT2D eigenvalue weighted by Crippen LogP contribution is -2.12. The second-order valence-corrected chi connectivity index (χ2v) is 3.07. The molecule has 1 aromatic heterocycles. The summed E-state index contributed by atoms with van der Waals surface area (Å²) >= 11 is 0. The van der Waals surface area contributed by atoms with Gasteiger partial charge in [0.1, 0.15) is 0 Å². The van der Waals surface area contributed by atoms with Gasteiger partial charge in [0.15, 0.2) is 0 Å². The zero-order chi connectivity index (χ0) is 7.84. The van der Waals surface area contributed by atoms with E-state index in [9.17, 15) is 4.79 Å². The van der Waals surface area contributed by atoms with Crippen LogP contribution < -0.4 is 0 Å². The van der Waals surface area contributed by atoms with Gasteiger partial charge in [0, 0.05) is 12.1 Å². The maximum Gasteiger partial charge on any atom is 0.249 e. The van der Waals surface area contributed by atoms with Crippen LogP contribution in [0.5, 0.6) is 0 Å². The van der Waals surface area contributed by atoms with E-state index >= 15 is 0 Å². The first-order chi connectivity index (χ1) is 5.27. The Morgan fingerprint density at radius 3 is 2.91 bits per heavy atom. The highest BCUT2D eigenvalue weighted by atomic mass is 16.2. The van der Waals surface area contributed by atoms with Gasteiger partial charge in [-0.2, -0.15) is 5.10 Å². The summed E-state index contributed by atoms with van der Waals surface area (Å²) in [5.74, 6) is 0.410. The summed E-state index contributed by atoms with van der Waals surface area (Å²) in [6.45, 7) is 1.93. The summed E-state index contributed by atoms with van der Waals surface area (Å²) in [7, 11) is 0. The predicted octanol–water partition coefficient (Wildman–Crippen LogP) is 1.24. The molecule has 0 N–H and O–H groups in total. The van der Waals surface area contributed by atoms with Gasteiger partial charge in [0.2, 0.25) is 5.91 Å². The lowest BCUT2D eigenvalue weighted by Gasteiger charge is -1.94. The summed E-state index contributed by atoms with van der Waals surface area (Å²) in [5, 5.41) is 3.94. The Labute approximate surface area is 65.0 Å². The summed E-state index contributed by atoms with van der Waals surface area (Å²) in [5.41, 5.74) is 1.04. The Kier molecular flexibility index (Phi) is 1.31. The van der Waals surface area contributed by atoms with Crippen LogP contribution in [0.1, 0.15) is 23.2 Å². The fourth-order valence-electron chi connectivity index (χ4n) is 1.05. The number of carbonyl (C=O) groups is 1. The first-order valence-corrected chi connectivity index (χ1v) is 3.83. The van der Waals surface area contributed by atoms with Crippen molar-refractivity contribution in [2.75, 3.05) is 0 Å². The van der Waals surface area contributed by atoms with Crippen molar-refractivity contribution < 1.29 is 4.79 Å². The molecule has 1 aliphatic rings. The molecular weight excluding hydrogens is 140 g/mol. The van der Waals surface area contributed by atoms with Crippen LogP contribution in [0.25, 0.3) is 0 Å². The van der Waals surface area contributed by atoms with Crippen LogP contribution in [-0.4, -0.2) is 15.7 Å². The molecule has 0 saturated heterocycles. The van der Waals surface area contributed by atoms with Gasteiger partial charge >= 0.3 is 0 Å². The Morgan fingerprint density at radius 1 is 1.73 bits per heavy atom. The summed E-state index contributed by atoms with van der Waals surface area (Å²) in [4.78, 5) is 11.3. The van der Waals surface area contributed by atoms with Gasteiger partial charge in [0.05, 0.1) is 6.20 Å². The van der Waals surface area contributed by atoms with Crippen molar-refractivity contribution in [3.63, 3.8) is 0 Å². The Morgan fingerprint density at radius 2 is 2.45 bits per heavy atom. The molecule has 3 heteroatoms. The molecule has 0 radical (unpaired) electrons. The van der Waals surface area contributed by atoms with Crippen LogP contribution in [0.3, 0.4) is 0 Å². The monoisotopic (exact) mass is 150 g/mol. The Balaban J connectivity index is 2.21. The van der Waals surface area contributed by atoms with Crippen molar-refractivity contribution in [1.82, 2.24) is 9.78 Å². The Bertz CT molecular complexity index is 286. The van der Waals surface area contributed by atoms with E-state index in [4.69, 9.17) is 0 Å². The third-order valence-corrected chi connectivity index (χ3v) is 1.86. The quantitative estimate of drug-likeness (QED) is 0.603. The van der Waals surface area contributed by atoms with Crippen LogP contribution in [-0.2, 0) is 0 Å². The summed E-state index contributed by atoms with van der Waals surface area (Å²) in [6, 6.07) is 0. The van der Waals surface area contributed by atoms with E-state index in [2.05, 4.69) is 5.10 Å². The maximum absolute atomic E-state index is 11.3. The van der Waals surface area contributed by atoms with Crippen molar-refractivity contribution in [2.45, 2.75) is 19.8 Å². The normalized spacial score (nSPS) is 16.8. The Hall–Kier alpha value is -1.12. The third kappa shape index (κ3) is 1.18. The standard InChI is InChI=1S/C8H10N2O/c1-6-4-9-10(5-6)8(11)7-2-3-7/h4-5,7H,2-3H2,1H3. The van der Waals surface area contributed by atoms with E-state index in [-0.39, 0.29) is 11.8 Å². The first-order valence-electron chi connectivity index (χ1n) is 3.83. The topological polar surface area (TPSA) is 34.9 Å². The van der Waals surface area contributed by atoms with Crippen molar-refractivity contribution >= 4 is 5.91 Å². The van der Waals surface area contributed by atoms with E-state index in [1.54, 1.807) is 12.4 Å². The van der Waals surface area contributed by atoms with Gasteiger partial charge < -0.3 is 0 Å².